The first-order chi connectivity index (χ1) is 10.7. The van der Waals surface area contributed by atoms with Gasteiger partial charge in [-0.1, -0.05) is 31.4 Å². The number of rotatable bonds is 5. The molecule has 1 heterocycles. The van der Waals surface area contributed by atoms with E-state index in [0.717, 1.165) is 24.7 Å². The minimum absolute atomic E-state index is 0.743. The van der Waals surface area contributed by atoms with E-state index in [4.69, 9.17) is 4.98 Å². The molecule has 0 atom stereocenters. The molecule has 0 aliphatic heterocycles. The summed E-state index contributed by atoms with van der Waals surface area (Å²) in [5, 5.41) is 7.14. The molecular formula is C19H26N2S. The Morgan fingerprint density at radius 3 is 2.73 bits per heavy atom. The quantitative estimate of drug-likeness (QED) is 0.849. The van der Waals surface area contributed by atoms with Crippen LogP contribution in [0.5, 0.6) is 0 Å². The zero-order valence-corrected chi connectivity index (χ0v) is 14.5. The van der Waals surface area contributed by atoms with Crippen LogP contribution in [0, 0.1) is 13.8 Å². The van der Waals surface area contributed by atoms with Gasteiger partial charge >= 0.3 is 0 Å². The number of hydrogen-bond acceptors (Lipinski definition) is 3. The smallest absolute Gasteiger partial charge is 0.0945 e. The van der Waals surface area contributed by atoms with Crippen LogP contribution in [0.25, 0.3) is 11.3 Å². The summed E-state index contributed by atoms with van der Waals surface area (Å²) < 4.78 is 0. The monoisotopic (exact) mass is 314 g/mol. The topological polar surface area (TPSA) is 24.9 Å². The molecule has 1 N–H and O–H groups in total. The molecule has 22 heavy (non-hydrogen) atoms. The van der Waals surface area contributed by atoms with Gasteiger partial charge in [0.15, 0.2) is 0 Å². The molecule has 0 saturated heterocycles. The van der Waals surface area contributed by atoms with Gasteiger partial charge in [-0.05, 0) is 43.9 Å². The molecule has 1 fully saturated rings. The Morgan fingerprint density at radius 1 is 1.14 bits per heavy atom. The van der Waals surface area contributed by atoms with Crippen LogP contribution in [0.4, 0.5) is 0 Å². The molecule has 0 unspecified atom stereocenters. The van der Waals surface area contributed by atoms with E-state index in [2.05, 4.69) is 42.7 Å². The van der Waals surface area contributed by atoms with Crippen LogP contribution in [-0.4, -0.2) is 17.6 Å². The van der Waals surface area contributed by atoms with Gasteiger partial charge in [0, 0.05) is 30.0 Å². The van der Waals surface area contributed by atoms with Gasteiger partial charge < -0.3 is 5.32 Å². The van der Waals surface area contributed by atoms with Gasteiger partial charge in [0.2, 0.25) is 0 Å². The molecule has 2 aromatic rings. The molecule has 3 heteroatoms. The Hall–Kier alpha value is -1.19. The van der Waals surface area contributed by atoms with Crippen molar-refractivity contribution in [2.45, 2.75) is 58.4 Å². The van der Waals surface area contributed by atoms with E-state index in [1.54, 1.807) is 11.3 Å². The fourth-order valence-electron chi connectivity index (χ4n) is 3.15. The maximum Gasteiger partial charge on any atom is 0.0945 e. The standard InChI is InChI=1S/C19H26N2S/c1-14-8-9-16(12-15(14)2)18-13-22-19(21-18)10-11-20-17-6-4-3-5-7-17/h8-9,12-13,17,20H,3-7,10-11H2,1-2H3. The van der Waals surface area contributed by atoms with E-state index in [1.165, 1.54) is 53.8 Å². The first kappa shape index (κ1) is 15.7. The maximum absolute atomic E-state index is 4.81. The number of nitrogens with zero attached hydrogens (tertiary/aromatic N) is 1. The zero-order valence-electron chi connectivity index (χ0n) is 13.7. The van der Waals surface area contributed by atoms with Crippen molar-refractivity contribution in [1.82, 2.24) is 10.3 Å². The van der Waals surface area contributed by atoms with Crippen molar-refractivity contribution in [2.75, 3.05) is 6.54 Å². The van der Waals surface area contributed by atoms with Crippen molar-refractivity contribution >= 4 is 11.3 Å². The highest BCUT2D eigenvalue weighted by atomic mass is 32.1. The second kappa shape index (κ2) is 7.38. The lowest BCUT2D eigenvalue weighted by Gasteiger charge is -2.22. The molecule has 3 rings (SSSR count). The van der Waals surface area contributed by atoms with E-state index in [1.807, 2.05) is 0 Å². The molecule has 1 aromatic carbocycles. The van der Waals surface area contributed by atoms with Crippen LogP contribution < -0.4 is 5.32 Å². The Balaban J connectivity index is 1.55. The highest BCUT2D eigenvalue weighted by molar-refractivity contribution is 7.09. The summed E-state index contributed by atoms with van der Waals surface area (Å²) in [7, 11) is 0. The van der Waals surface area contributed by atoms with Crippen LogP contribution >= 0.6 is 11.3 Å². The minimum Gasteiger partial charge on any atom is -0.314 e. The molecular weight excluding hydrogens is 288 g/mol. The molecule has 1 saturated carbocycles. The summed E-state index contributed by atoms with van der Waals surface area (Å²) in [6.07, 6.45) is 7.96. The van der Waals surface area contributed by atoms with Crippen molar-refractivity contribution in [3.63, 3.8) is 0 Å². The van der Waals surface area contributed by atoms with Gasteiger partial charge in [0.05, 0.1) is 10.7 Å². The van der Waals surface area contributed by atoms with E-state index >= 15 is 0 Å². The molecule has 1 aliphatic rings. The van der Waals surface area contributed by atoms with Crippen molar-refractivity contribution in [3.05, 3.63) is 39.7 Å². The largest absolute Gasteiger partial charge is 0.314 e. The van der Waals surface area contributed by atoms with Gasteiger partial charge in [-0.3, -0.25) is 0 Å². The van der Waals surface area contributed by atoms with Gasteiger partial charge in [0.25, 0.3) is 0 Å². The van der Waals surface area contributed by atoms with Crippen LogP contribution in [-0.2, 0) is 6.42 Å². The minimum atomic E-state index is 0.743. The summed E-state index contributed by atoms with van der Waals surface area (Å²) >= 11 is 1.79. The average molecular weight is 314 g/mol. The Bertz CT molecular complexity index is 612. The van der Waals surface area contributed by atoms with Crippen molar-refractivity contribution in [2.24, 2.45) is 0 Å². The summed E-state index contributed by atoms with van der Waals surface area (Å²) in [4.78, 5) is 4.81. The second-order valence-electron chi connectivity index (χ2n) is 6.46. The van der Waals surface area contributed by atoms with Gasteiger partial charge in [0.1, 0.15) is 0 Å². The molecule has 2 nitrogen and oxygen atoms in total. The Morgan fingerprint density at radius 2 is 1.95 bits per heavy atom. The van der Waals surface area contributed by atoms with E-state index < -0.39 is 0 Å². The average Bonchev–Trinajstić information content (AvgIpc) is 3.00. The Kier molecular flexibility index (Phi) is 5.27. The lowest BCUT2D eigenvalue weighted by molar-refractivity contribution is 0.375. The normalized spacial score (nSPS) is 16.1. The van der Waals surface area contributed by atoms with Gasteiger partial charge in [-0.15, -0.1) is 11.3 Å². The number of aryl methyl sites for hydroxylation is 2. The summed E-state index contributed by atoms with van der Waals surface area (Å²) in [6, 6.07) is 7.36. The molecule has 1 aromatic heterocycles. The highest BCUT2D eigenvalue weighted by Gasteiger charge is 2.12. The fraction of sp³-hybridized carbons (Fsp3) is 0.526. The zero-order chi connectivity index (χ0) is 15.4. The molecule has 0 radical (unpaired) electrons. The SMILES string of the molecule is Cc1ccc(-c2csc(CCNC3CCCCC3)n2)cc1C. The molecule has 0 bridgehead atoms. The molecule has 118 valence electrons. The maximum atomic E-state index is 4.81. The first-order valence-electron chi connectivity index (χ1n) is 8.48. The molecule has 1 aliphatic carbocycles. The van der Waals surface area contributed by atoms with Crippen LogP contribution in [0.3, 0.4) is 0 Å². The van der Waals surface area contributed by atoms with Crippen LogP contribution in [0.1, 0.15) is 48.2 Å². The van der Waals surface area contributed by atoms with E-state index in [0.29, 0.717) is 0 Å². The summed E-state index contributed by atoms with van der Waals surface area (Å²) in [6.45, 7) is 5.38. The number of aromatic nitrogens is 1. The van der Waals surface area contributed by atoms with Crippen LogP contribution in [0.2, 0.25) is 0 Å². The second-order valence-corrected chi connectivity index (χ2v) is 7.41. The van der Waals surface area contributed by atoms with Gasteiger partial charge in [-0.25, -0.2) is 4.98 Å². The van der Waals surface area contributed by atoms with Crippen molar-refractivity contribution in [3.8, 4) is 11.3 Å². The Labute approximate surface area is 138 Å². The summed E-state index contributed by atoms with van der Waals surface area (Å²) in [5.74, 6) is 0. The van der Waals surface area contributed by atoms with Crippen molar-refractivity contribution < 1.29 is 0 Å². The third kappa shape index (κ3) is 3.96. The number of benzene rings is 1. The van der Waals surface area contributed by atoms with Crippen LogP contribution in [0.15, 0.2) is 23.6 Å². The molecule has 0 spiro atoms. The highest BCUT2D eigenvalue weighted by Crippen LogP contribution is 2.24. The molecule has 0 amide bonds. The van der Waals surface area contributed by atoms with E-state index in [9.17, 15) is 0 Å². The lowest BCUT2D eigenvalue weighted by Crippen LogP contribution is -2.32. The van der Waals surface area contributed by atoms with E-state index in [-0.39, 0.29) is 0 Å². The predicted octanol–water partition coefficient (Wildman–Crippen LogP) is 4.89. The van der Waals surface area contributed by atoms with Crippen molar-refractivity contribution in [1.29, 1.82) is 0 Å². The number of thiazole rings is 1. The lowest BCUT2D eigenvalue weighted by atomic mass is 9.95. The first-order valence-corrected chi connectivity index (χ1v) is 9.36. The fourth-order valence-corrected chi connectivity index (χ4v) is 3.96. The third-order valence-electron chi connectivity index (χ3n) is 4.73. The predicted molar refractivity (Wildman–Crippen MR) is 95.6 cm³/mol. The number of hydrogen-bond donors (Lipinski definition) is 1. The summed E-state index contributed by atoms with van der Waals surface area (Å²) in [5.41, 5.74) is 5.05. The third-order valence-corrected chi connectivity index (χ3v) is 5.64. The van der Waals surface area contributed by atoms with Gasteiger partial charge in [-0.2, -0.15) is 0 Å². The number of nitrogens with one attached hydrogen (secondary N) is 1.